The number of hydrogen-bond acceptors (Lipinski definition) is 3. The van der Waals surface area contributed by atoms with Gasteiger partial charge < -0.3 is 14.7 Å². The summed E-state index contributed by atoms with van der Waals surface area (Å²) in [6, 6.07) is 4.62. The molecule has 1 aromatic rings. The molecule has 5 rings (SSSR count). The topological polar surface area (TPSA) is 32.7 Å². The number of benzene rings is 1. The summed E-state index contributed by atoms with van der Waals surface area (Å²) in [5, 5.41) is 10.3. The van der Waals surface area contributed by atoms with E-state index in [2.05, 4.69) is 24.9 Å². The van der Waals surface area contributed by atoms with Crippen molar-refractivity contribution in [3.8, 4) is 11.5 Å². The Morgan fingerprint density at radius 3 is 3.05 bits per heavy atom. The number of hydrogen-bond donors (Lipinski definition) is 1. The highest BCUT2D eigenvalue weighted by atomic mass is 16.5. The molecule has 112 valence electrons. The Kier molecular flexibility index (Phi) is 2.20. The fourth-order valence-electron chi connectivity index (χ4n) is 6.10. The lowest BCUT2D eigenvalue weighted by Gasteiger charge is -2.59. The molecule has 2 unspecified atom stereocenters. The van der Waals surface area contributed by atoms with Crippen molar-refractivity contribution in [2.45, 2.75) is 50.2 Å². The first kappa shape index (κ1) is 12.3. The molecule has 0 aromatic heterocycles. The Balaban J connectivity index is 1.82. The first-order chi connectivity index (χ1) is 10.1. The van der Waals surface area contributed by atoms with Gasteiger partial charge in [-0.2, -0.15) is 0 Å². The van der Waals surface area contributed by atoms with Crippen LogP contribution in [-0.2, 0) is 11.8 Å². The molecule has 2 aliphatic heterocycles. The Bertz CT molecular complexity index is 628. The lowest BCUT2D eigenvalue weighted by Crippen LogP contribution is -2.65. The third kappa shape index (κ3) is 1.26. The molecule has 1 aromatic carbocycles. The highest BCUT2D eigenvalue weighted by molar-refractivity contribution is 5.60. The first-order valence-corrected chi connectivity index (χ1v) is 8.35. The third-order valence-electron chi connectivity index (χ3n) is 6.90. The maximum atomic E-state index is 10.3. The maximum absolute atomic E-state index is 10.3. The Morgan fingerprint density at radius 1 is 1.33 bits per heavy atom. The minimum Gasteiger partial charge on any atom is -0.504 e. The zero-order chi connectivity index (χ0) is 14.4. The van der Waals surface area contributed by atoms with Crippen LogP contribution in [0.15, 0.2) is 12.1 Å². The molecule has 1 saturated heterocycles. The molecule has 2 aliphatic carbocycles. The molecule has 1 N–H and O–H groups in total. The van der Waals surface area contributed by atoms with E-state index in [1.165, 1.54) is 24.0 Å². The molecular formula is C18H23NO2. The minimum atomic E-state index is 0.177. The summed E-state index contributed by atoms with van der Waals surface area (Å²) in [4.78, 5) is 2.57. The van der Waals surface area contributed by atoms with Crippen LogP contribution >= 0.6 is 0 Å². The van der Waals surface area contributed by atoms with Crippen molar-refractivity contribution >= 4 is 0 Å². The number of piperidine rings is 1. The molecule has 21 heavy (non-hydrogen) atoms. The van der Waals surface area contributed by atoms with Crippen LogP contribution in [0.5, 0.6) is 11.5 Å². The summed E-state index contributed by atoms with van der Waals surface area (Å²) >= 11 is 0. The largest absolute Gasteiger partial charge is 0.504 e. The second-order valence-electron chi connectivity index (χ2n) is 7.68. The molecule has 1 spiro atoms. The van der Waals surface area contributed by atoms with Gasteiger partial charge in [-0.3, -0.25) is 0 Å². The minimum absolute atomic E-state index is 0.177. The molecule has 2 heterocycles. The van der Waals surface area contributed by atoms with E-state index >= 15 is 0 Å². The number of aromatic hydroxyl groups is 1. The number of phenolic OH excluding ortho intramolecular Hbond substituents is 1. The quantitative estimate of drug-likeness (QED) is 0.795. The van der Waals surface area contributed by atoms with Gasteiger partial charge in [-0.25, -0.2) is 0 Å². The van der Waals surface area contributed by atoms with Gasteiger partial charge >= 0.3 is 0 Å². The second kappa shape index (κ2) is 3.75. The van der Waals surface area contributed by atoms with Gasteiger partial charge in [0.2, 0.25) is 0 Å². The van der Waals surface area contributed by atoms with E-state index < -0.39 is 0 Å². The van der Waals surface area contributed by atoms with E-state index in [9.17, 15) is 5.11 Å². The number of rotatable bonds is 0. The molecule has 1 saturated carbocycles. The maximum Gasteiger partial charge on any atom is 0.165 e. The molecule has 3 nitrogen and oxygen atoms in total. The normalized spacial score (nSPS) is 43.3. The second-order valence-corrected chi connectivity index (χ2v) is 7.68. The molecular weight excluding hydrogens is 262 g/mol. The predicted octanol–water partition coefficient (Wildman–Crippen LogP) is 2.70. The number of nitrogens with zero attached hydrogens (tertiary/aromatic N) is 1. The highest BCUT2D eigenvalue weighted by Crippen LogP contribution is 2.64. The van der Waals surface area contributed by atoms with Crippen LogP contribution in [0.3, 0.4) is 0 Å². The van der Waals surface area contributed by atoms with Gasteiger partial charge in [0.1, 0.15) is 6.10 Å². The third-order valence-corrected chi connectivity index (χ3v) is 6.90. The fraction of sp³-hybridized carbons (Fsp3) is 0.667. The zero-order valence-corrected chi connectivity index (χ0v) is 12.8. The van der Waals surface area contributed by atoms with Gasteiger partial charge in [0.15, 0.2) is 11.5 Å². The summed E-state index contributed by atoms with van der Waals surface area (Å²) in [6.45, 7) is 3.59. The molecule has 2 fully saturated rings. The van der Waals surface area contributed by atoms with Crippen LogP contribution in [0.2, 0.25) is 0 Å². The van der Waals surface area contributed by atoms with E-state index in [1.807, 2.05) is 6.07 Å². The Labute approximate surface area is 125 Å². The van der Waals surface area contributed by atoms with E-state index in [0.717, 1.165) is 31.1 Å². The van der Waals surface area contributed by atoms with E-state index in [0.29, 0.717) is 17.7 Å². The smallest absolute Gasteiger partial charge is 0.165 e. The van der Waals surface area contributed by atoms with E-state index in [1.54, 1.807) is 0 Å². The lowest BCUT2D eigenvalue weighted by atomic mass is 9.49. The SMILES string of the molecule is C[C@H]1CCC2Oc3c(O)ccc4c3[C@@]23CCN(C)[C@H](C4)C13. The number of likely N-dealkylation sites (N-methyl/N-ethyl adjacent to an activating group) is 1. The summed E-state index contributed by atoms with van der Waals surface area (Å²) in [7, 11) is 2.29. The molecule has 0 amide bonds. The summed E-state index contributed by atoms with van der Waals surface area (Å²) in [6.07, 6.45) is 4.99. The zero-order valence-electron chi connectivity index (χ0n) is 12.8. The van der Waals surface area contributed by atoms with Crippen molar-refractivity contribution in [3.63, 3.8) is 0 Å². The summed E-state index contributed by atoms with van der Waals surface area (Å²) in [5.74, 6) is 2.60. The van der Waals surface area contributed by atoms with Crippen LogP contribution in [0.25, 0.3) is 0 Å². The van der Waals surface area contributed by atoms with E-state index in [4.69, 9.17) is 4.74 Å². The van der Waals surface area contributed by atoms with Crippen molar-refractivity contribution in [3.05, 3.63) is 23.3 Å². The van der Waals surface area contributed by atoms with Gasteiger partial charge in [0, 0.05) is 17.0 Å². The van der Waals surface area contributed by atoms with Crippen molar-refractivity contribution in [1.29, 1.82) is 0 Å². The van der Waals surface area contributed by atoms with Crippen molar-refractivity contribution in [1.82, 2.24) is 4.90 Å². The molecule has 4 aliphatic rings. The van der Waals surface area contributed by atoms with Gasteiger partial charge in [-0.05, 0) is 62.7 Å². The molecule has 2 bridgehead atoms. The summed E-state index contributed by atoms with van der Waals surface area (Å²) in [5.41, 5.74) is 2.98. The average molecular weight is 285 g/mol. The molecule has 3 heteroatoms. The van der Waals surface area contributed by atoms with Gasteiger partial charge in [-0.15, -0.1) is 0 Å². The van der Waals surface area contributed by atoms with Gasteiger partial charge in [-0.1, -0.05) is 13.0 Å². The van der Waals surface area contributed by atoms with Crippen LogP contribution in [0.4, 0.5) is 0 Å². The number of phenols is 1. The number of ether oxygens (including phenoxy) is 1. The first-order valence-electron chi connectivity index (χ1n) is 8.35. The Morgan fingerprint density at radius 2 is 2.19 bits per heavy atom. The van der Waals surface area contributed by atoms with Crippen molar-refractivity contribution < 1.29 is 9.84 Å². The fourth-order valence-corrected chi connectivity index (χ4v) is 6.10. The highest BCUT2D eigenvalue weighted by Gasteiger charge is 2.64. The molecule has 0 radical (unpaired) electrons. The van der Waals surface area contributed by atoms with Crippen molar-refractivity contribution in [2.75, 3.05) is 13.6 Å². The molecule has 5 atom stereocenters. The van der Waals surface area contributed by atoms with E-state index in [-0.39, 0.29) is 11.5 Å². The van der Waals surface area contributed by atoms with Crippen LogP contribution in [-0.4, -0.2) is 35.7 Å². The van der Waals surface area contributed by atoms with Gasteiger partial charge in [0.05, 0.1) is 0 Å². The standard InChI is InChI=1S/C18H23NO2/c1-10-3-6-14-18-7-8-19(2)12(15(10)18)9-11-4-5-13(20)17(21-14)16(11)18/h4-5,10,12,14-15,20H,3,6-9H2,1-2H3/t10-,12+,14?,15?,18-/m0/s1. The van der Waals surface area contributed by atoms with Crippen LogP contribution < -0.4 is 4.74 Å². The van der Waals surface area contributed by atoms with Crippen LogP contribution in [0.1, 0.15) is 37.3 Å². The predicted molar refractivity (Wildman–Crippen MR) is 80.8 cm³/mol. The monoisotopic (exact) mass is 285 g/mol. The lowest BCUT2D eigenvalue weighted by molar-refractivity contribution is -0.0686. The summed E-state index contributed by atoms with van der Waals surface area (Å²) < 4.78 is 6.32. The van der Waals surface area contributed by atoms with Gasteiger partial charge in [0.25, 0.3) is 0 Å². The van der Waals surface area contributed by atoms with Crippen LogP contribution in [0, 0.1) is 11.8 Å². The average Bonchev–Trinajstić information content (AvgIpc) is 2.81. The Hall–Kier alpha value is -1.22. The van der Waals surface area contributed by atoms with Crippen molar-refractivity contribution in [2.24, 2.45) is 11.8 Å². The number of likely N-dealkylation sites (tertiary alicyclic amines) is 1.